The van der Waals surface area contributed by atoms with Gasteiger partial charge in [-0.25, -0.2) is 0 Å². The predicted octanol–water partition coefficient (Wildman–Crippen LogP) is 3.72. The first-order chi connectivity index (χ1) is 8.86. The maximum atomic E-state index is 5.61. The first-order valence-corrected chi connectivity index (χ1v) is 6.90. The molecule has 1 aromatic carbocycles. The molecule has 3 aromatic rings. The molecule has 0 aliphatic carbocycles. The van der Waals surface area contributed by atoms with Crippen LogP contribution < -0.4 is 0 Å². The molecule has 0 saturated heterocycles. The van der Waals surface area contributed by atoms with Crippen molar-refractivity contribution in [2.75, 3.05) is 5.75 Å². The summed E-state index contributed by atoms with van der Waals surface area (Å²) in [6.07, 6.45) is 1.09. The van der Waals surface area contributed by atoms with Crippen molar-refractivity contribution in [2.45, 2.75) is 18.6 Å². The molecule has 1 N–H and O–H groups in total. The van der Waals surface area contributed by atoms with E-state index in [-0.39, 0.29) is 0 Å². The van der Waals surface area contributed by atoms with Gasteiger partial charge in [-0.05, 0) is 18.6 Å². The molecule has 0 unspecified atom stereocenters. The van der Waals surface area contributed by atoms with Crippen molar-refractivity contribution in [3.05, 3.63) is 30.3 Å². The van der Waals surface area contributed by atoms with E-state index in [0.717, 1.165) is 28.8 Å². The van der Waals surface area contributed by atoms with Gasteiger partial charge in [-0.2, -0.15) is 0 Å². The molecule has 3 rings (SSSR count). The second kappa shape index (κ2) is 4.86. The molecule has 2 aromatic heterocycles. The van der Waals surface area contributed by atoms with Crippen LogP contribution in [-0.2, 0) is 0 Å². The summed E-state index contributed by atoms with van der Waals surface area (Å²) in [5, 5.41) is 9.87. The molecule has 0 aliphatic heterocycles. The molecule has 0 bridgehead atoms. The van der Waals surface area contributed by atoms with Gasteiger partial charge in [0, 0.05) is 16.7 Å². The van der Waals surface area contributed by atoms with Gasteiger partial charge in [0.25, 0.3) is 11.1 Å². The third kappa shape index (κ3) is 2.13. The van der Waals surface area contributed by atoms with E-state index in [9.17, 15) is 0 Å². The summed E-state index contributed by atoms with van der Waals surface area (Å²) in [5.41, 5.74) is 1.94. The van der Waals surface area contributed by atoms with Crippen LogP contribution in [0.1, 0.15) is 13.3 Å². The molecule has 5 heteroatoms. The fourth-order valence-electron chi connectivity index (χ4n) is 1.75. The molecule has 0 spiro atoms. The molecule has 0 saturated carbocycles. The molecule has 18 heavy (non-hydrogen) atoms. The Balaban J connectivity index is 1.91. The number of aromatic nitrogens is 3. The third-order valence-corrected chi connectivity index (χ3v) is 3.62. The van der Waals surface area contributed by atoms with E-state index in [0.29, 0.717) is 11.1 Å². The Labute approximate surface area is 109 Å². The van der Waals surface area contributed by atoms with Gasteiger partial charge in [-0.15, -0.1) is 10.2 Å². The molecular formula is C13H13N3OS. The van der Waals surface area contributed by atoms with Gasteiger partial charge in [-0.3, -0.25) is 0 Å². The van der Waals surface area contributed by atoms with Crippen molar-refractivity contribution >= 4 is 22.7 Å². The summed E-state index contributed by atoms with van der Waals surface area (Å²) in [5.74, 6) is 1.54. The quantitative estimate of drug-likeness (QED) is 0.725. The maximum Gasteiger partial charge on any atom is 0.276 e. The standard InChI is InChI=1S/C13H13N3OS/c1-2-7-18-13-16-15-12(17-13)11-8-9-5-3-4-6-10(9)14-11/h3-6,8,14H,2,7H2,1H3. The molecule has 0 fully saturated rings. The molecule has 4 nitrogen and oxygen atoms in total. The lowest BCUT2D eigenvalue weighted by Gasteiger charge is -1.90. The minimum atomic E-state index is 0.546. The van der Waals surface area contributed by atoms with Crippen molar-refractivity contribution in [1.29, 1.82) is 0 Å². The minimum Gasteiger partial charge on any atom is -0.410 e. The Bertz CT molecular complexity index is 626. The second-order valence-corrected chi connectivity index (χ2v) is 5.04. The summed E-state index contributed by atoms with van der Waals surface area (Å²) in [4.78, 5) is 3.28. The highest BCUT2D eigenvalue weighted by molar-refractivity contribution is 7.99. The Morgan fingerprint density at radius 1 is 1.28 bits per heavy atom. The van der Waals surface area contributed by atoms with E-state index in [1.807, 2.05) is 24.3 Å². The topological polar surface area (TPSA) is 54.7 Å². The molecule has 0 aliphatic rings. The molecule has 2 heterocycles. The van der Waals surface area contributed by atoms with Crippen LogP contribution in [0, 0.1) is 0 Å². The largest absolute Gasteiger partial charge is 0.410 e. The number of rotatable bonds is 4. The van der Waals surface area contributed by atoms with Crippen LogP contribution in [-0.4, -0.2) is 20.9 Å². The molecule has 0 atom stereocenters. The lowest BCUT2D eigenvalue weighted by atomic mass is 10.2. The van der Waals surface area contributed by atoms with Gasteiger partial charge in [0.05, 0.1) is 0 Å². The van der Waals surface area contributed by atoms with Crippen LogP contribution in [0.4, 0.5) is 0 Å². The highest BCUT2D eigenvalue weighted by Crippen LogP contribution is 2.25. The van der Waals surface area contributed by atoms with Crippen LogP contribution in [0.3, 0.4) is 0 Å². The predicted molar refractivity (Wildman–Crippen MR) is 72.6 cm³/mol. The number of hydrogen-bond donors (Lipinski definition) is 1. The number of thioether (sulfide) groups is 1. The number of nitrogens with zero attached hydrogens (tertiary/aromatic N) is 2. The van der Waals surface area contributed by atoms with Crippen molar-refractivity contribution in [3.8, 4) is 11.6 Å². The number of fused-ring (bicyclic) bond motifs is 1. The highest BCUT2D eigenvalue weighted by atomic mass is 32.2. The van der Waals surface area contributed by atoms with Gasteiger partial charge in [0.1, 0.15) is 5.69 Å². The lowest BCUT2D eigenvalue weighted by molar-refractivity contribution is 0.465. The van der Waals surface area contributed by atoms with E-state index in [1.54, 1.807) is 11.8 Å². The van der Waals surface area contributed by atoms with Gasteiger partial charge < -0.3 is 9.40 Å². The average Bonchev–Trinajstić information content (AvgIpc) is 3.02. The van der Waals surface area contributed by atoms with Gasteiger partial charge in [0.15, 0.2) is 0 Å². The number of H-pyrrole nitrogens is 1. The zero-order valence-corrected chi connectivity index (χ0v) is 10.8. The second-order valence-electron chi connectivity index (χ2n) is 3.99. The minimum absolute atomic E-state index is 0.546. The van der Waals surface area contributed by atoms with E-state index in [2.05, 4.69) is 28.2 Å². The zero-order valence-electron chi connectivity index (χ0n) is 10.0. The summed E-state index contributed by atoms with van der Waals surface area (Å²) in [6, 6.07) is 10.1. The Hall–Kier alpha value is -1.75. The average molecular weight is 259 g/mol. The zero-order chi connectivity index (χ0) is 12.4. The summed E-state index contributed by atoms with van der Waals surface area (Å²) in [7, 11) is 0. The van der Waals surface area contributed by atoms with Crippen molar-refractivity contribution in [2.24, 2.45) is 0 Å². The Morgan fingerprint density at radius 2 is 2.17 bits per heavy atom. The first kappa shape index (κ1) is 11.3. The third-order valence-electron chi connectivity index (χ3n) is 2.60. The van der Waals surface area contributed by atoms with Crippen LogP contribution in [0.5, 0.6) is 0 Å². The van der Waals surface area contributed by atoms with E-state index < -0.39 is 0 Å². The van der Waals surface area contributed by atoms with Crippen molar-refractivity contribution in [3.63, 3.8) is 0 Å². The molecular weight excluding hydrogens is 246 g/mol. The van der Waals surface area contributed by atoms with Gasteiger partial charge in [0.2, 0.25) is 0 Å². The highest BCUT2D eigenvalue weighted by Gasteiger charge is 2.11. The maximum absolute atomic E-state index is 5.61. The van der Waals surface area contributed by atoms with Crippen molar-refractivity contribution < 1.29 is 4.42 Å². The summed E-state index contributed by atoms with van der Waals surface area (Å²) < 4.78 is 5.61. The number of benzene rings is 1. The van der Waals surface area contributed by atoms with Gasteiger partial charge >= 0.3 is 0 Å². The van der Waals surface area contributed by atoms with Crippen LogP contribution in [0.25, 0.3) is 22.5 Å². The van der Waals surface area contributed by atoms with E-state index >= 15 is 0 Å². The van der Waals surface area contributed by atoms with Crippen molar-refractivity contribution in [1.82, 2.24) is 15.2 Å². The smallest absolute Gasteiger partial charge is 0.276 e. The molecule has 0 radical (unpaired) electrons. The van der Waals surface area contributed by atoms with E-state index in [4.69, 9.17) is 4.42 Å². The monoisotopic (exact) mass is 259 g/mol. The fourth-order valence-corrected chi connectivity index (χ4v) is 2.37. The number of para-hydroxylation sites is 1. The molecule has 92 valence electrons. The first-order valence-electron chi connectivity index (χ1n) is 5.91. The summed E-state index contributed by atoms with van der Waals surface area (Å²) in [6.45, 7) is 2.13. The normalized spacial score (nSPS) is 11.2. The Kier molecular flexibility index (Phi) is 3.06. The van der Waals surface area contributed by atoms with Crippen LogP contribution >= 0.6 is 11.8 Å². The number of aromatic amines is 1. The Morgan fingerprint density at radius 3 is 3.00 bits per heavy atom. The SMILES string of the molecule is CCCSc1nnc(-c2cc3ccccc3[nH]2)o1. The van der Waals surface area contributed by atoms with Gasteiger partial charge in [-0.1, -0.05) is 36.9 Å². The fraction of sp³-hybridized carbons (Fsp3) is 0.231. The molecule has 0 amide bonds. The summed E-state index contributed by atoms with van der Waals surface area (Å²) >= 11 is 1.59. The van der Waals surface area contributed by atoms with Crippen LogP contribution in [0.15, 0.2) is 40.0 Å². The van der Waals surface area contributed by atoms with E-state index in [1.165, 1.54) is 0 Å². The van der Waals surface area contributed by atoms with Crippen LogP contribution in [0.2, 0.25) is 0 Å². The number of hydrogen-bond acceptors (Lipinski definition) is 4. The lowest BCUT2D eigenvalue weighted by Crippen LogP contribution is -1.76. The number of nitrogens with one attached hydrogen (secondary N) is 1.